The molecule has 2 nitrogen and oxygen atoms in total. The maximum atomic E-state index is 11.3. The molecule has 0 radical (unpaired) electrons. The van der Waals surface area contributed by atoms with Gasteiger partial charge in [-0.1, -0.05) is 44.0 Å². The van der Waals surface area contributed by atoms with Gasteiger partial charge in [0.05, 0.1) is 6.04 Å². The van der Waals surface area contributed by atoms with Gasteiger partial charge in [0.15, 0.2) is 0 Å². The summed E-state index contributed by atoms with van der Waals surface area (Å²) in [5.74, 6) is 0.0716. The molecule has 15 heavy (non-hydrogen) atoms. The quantitative estimate of drug-likeness (QED) is 0.840. The summed E-state index contributed by atoms with van der Waals surface area (Å²) < 4.78 is 1.05. The van der Waals surface area contributed by atoms with Gasteiger partial charge < -0.3 is 5.32 Å². The maximum absolute atomic E-state index is 11.3. The number of alkyl halides is 1. The van der Waals surface area contributed by atoms with Crippen LogP contribution in [-0.4, -0.2) is 11.2 Å². The average Bonchev–Trinajstić information content (AvgIpc) is 2.18. The molecule has 0 heterocycles. The summed E-state index contributed by atoms with van der Waals surface area (Å²) >= 11 is 6.62. The van der Waals surface area contributed by atoms with Crippen LogP contribution in [0, 0.1) is 0 Å². The summed E-state index contributed by atoms with van der Waals surface area (Å²) in [7, 11) is 0. The Hall–Kier alpha value is -0.350. The Balaban J connectivity index is 2.57. The third-order valence-corrected chi connectivity index (χ3v) is 2.99. The highest BCUT2D eigenvalue weighted by Crippen LogP contribution is 2.16. The van der Waals surface area contributed by atoms with E-state index in [4.69, 9.17) is 0 Å². The predicted octanol–water partition coefficient (Wildman–Crippen LogP) is 3.41. The minimum absolute atomic E-state index is 0.0599. The maximum Gasteiger partial charge on any atom is 0.221 e. The van der Waals surface area contributed by atoms with Gasteiger partial charge in [-0.3, -0.25) is 4.79 Å². The minimum Gasteiger partial charge on any atom is -0.350 e. The molecule has 0 aliphatic carbocycles. The molecule has 1 aromatic rings. The zero-order valence-electron chi connectivity index (χ0n) is 8.47. The molecule has 0 fully saturated rings. The van der Waals surface area contributed by atoms with Crippen molar-refractivity contribution in [3.05, 3.63) is 34.3 Å². The van der Waals surface area contributed by atoms with Crippen molar-refractivity contribution in [1.82, 2.24) is 5.32 Å². The standard InChI is InChI=1S/C11H13Br2NO/c1-8(14-11(15)6-7-12)9-2-4-10(13)5-3-9/h2-5,8H,6-7H2,1H3,(H,14,15). The van der Waals surface area contributed by atoms with Crippen LogP contribution in [0.1, 0.15) is 24.9 Å². The zero-order valence-corrected chi connectivity index (χ0v) is 11.6. The third kappa shape index (κ3) is 4.34. The Bertz CT molecular complexity index is 324. The van der Waals surface area contributed by atoms with E-state index in [0.29, 0.717) is 11.8 Å². The molecule has 0 saturated heterocycles. The van der Waals surface area contributed by atoms with Crippen LogP contribution in [0.5, 0.6) is 0 Å². The van der Waals surface area contributed by atoms with Crippen LogP contribution in [0.3, 0.4) is 0 Å². The van der Waals surface area contributed by atoms with E-state index < -0.39 is 0 Å². The van der Waals surface area contributed by atoms with Crippen LogP contribution in [0.25, 0.3) is 0 Å². The summed E-state index contributed by atoms with van der Waals surface area (Å²) in [6.45, 7) is 1.98. The Morgan fingerprint density at radius 1 is 1.40 bits per heavy atom. The molecule has 1 rings (SSSR count). The highest BCUT2D eigenvalue weighted by atomic mass is 79.9. The number of amides is 1. The predicted molar refractivity (Wildman–Crippen MR) is 69.1 cm³/mol. The number of benzene rings is 1. The second-order valence-electron chi connectivity index (χ2n) is 3.28. The van der Waals surface area contributed by atoms with Crippen LogP contribution in [0.15, 0.2) is 28.7 Å². The van der Waals surface area contributed by atoms with Crippen LogP contribution < -0.4 is 5.32 Å². The fraction of sp³-hybridized carbons (Fsp3) is 0.364. The van der Waals surface area contributed by atoms with Crippen molar-refractivity contribution in [1.29, 1.82) is 0 Å². The Morgan fingerprint density at radius 3 is 2.53 bits per heavy atom. The van der Waals surface area contributed by atoms with Gasteiger partial charge in [0, 0.05) is 16.2 Å². The Morgan fingerprint density at radius 2 is 2.00 bits per heavy atom. The van der Waals surface area contributed by atoms with Gasteiger partial charge in [-0.15, -0.1) is 0 Å². The first kappa shape index (κ1) is 12.7. The van der Waals surface area contributed by atoms with Crippen molar-refractivity contribution in [2.24, 2.45) is 0 Å². The van der Waals surface area contributed by atoms with E-state index in [0.717, 1.165) is 10.0 Å². The van der Waals surface area contributed by atoms with E-state index >= 15 is 0 Å². The fourth-order valence-corrected chi connectivity index (χ4v) is 1.86. The SMILES string of the molecule is CC(NC(=O)CCBr)c1ccc(Br)cc1. The lowest BCUT2D eigenvalue weighted by atomic mass is 10.1. The molecular weight excluding hydrogens is 322 g/mol. The first-order valence-corrected chi connectivity index (χ1v) is 6.65. The van der Waals surface area contributed by atoms with Gasteiger partial charge in [0.25, 0.3) is 0 Å². The van der Waals surface area contributed by atoms with Crippen molar-refractivity contribution < 1.29 is 4.79 Å². The molecule has 1 amide bonds. The van der Waals surface area contributed by atoms with Gasteiger partial charge >= 0.3 is 0 Å². The van der Waals surface area contributed by atoms with Crippen LogP contribution in [0.4, 0.5) is 0 Å². The van der Waals surface area contributed by atoms with Crippen LogP contribution in [-0.2, 0) is 4.79 Å². The molecule has 1 aromatic carbocycles. The summed E-state index contributed by atoms with van der Waals surface area (Å²) in [5.41, 5.74) is 1.11. The first-order chi connectivity index (χ1) is 7.13. The van der Waals surface area contributed by atoms with E-state index in [1.54, 1.807) is 0 Å². The lowest BCUT2D eigenvalue weighted by Crippen LogP contribution is -2.26. The number of halogens is 2. The molecule has 1 N–H and O–H groups in total. The molecule has 0 bridgehead atoms. The van der Waals surface area contributed by atoms with Gasteiger partial charge in [-0.2, -0.15) is 0 Å². The van der Waals surface area contributed by atoms with Crippen LogP contribution in [0.2, 0.25) is 0 Å². The van der Waals surface area contributed by atoms with Gasteiger partial charge in [0.2, 0.25) is 5.91 Å². The monoisotopic (exact) mass is 333 g/mol. The lowest BCUT2D eigenvalue weighted by molar-refractivity contribution is -0.121. The molecule has 0 aliphatic heterocycles. The normalized spacial score (nSPS) is 12.2. The smallest absolute Gasteiger partial charge is 0.221 e. The lowest BCUT2D eigenvalue weighted by Gasteiger charge is -2.13. The largest absolute Gasteiger partial charge is 0.350 e. The topological polar surface area (TPSA) is 29.1 Å². The number of carbonyl (C=O) groups is 1. The Labute approximate surface area is 107 Å². The van der Waals surface area contributed by atoms with Crippen molar-refractivity contribution in [2.75, 3.05) is 5.33 Å². The van der Waals surface area contributed by atoms with Crippen LogP contribution >= 0.6 is 31.9 Å². The molecule has 0 spiro atoms. The summed E-state index contributed by atoms with van der Waals surface area (Å²) in [5, 5.41) is 3.63. The van der Waals surface area contributed by atoms with Crippen molar-refractivity contribution in [2.45, 2.75) is 19.4 Å². The first-order valence-electron chi connectivity index (χ1n) is 4.74. The zero-order chi connectivity index (χ0) is 11.3. The van der Waals surface area contributed by atoms with E-state index in [-0.39, 0.29) is 11.9 Å². The molecule has 82 valence electrons. The van der Waals surface area contributed by atoms with Crippen molar-refractivity contribution >= 4 is 37.8 Å². The molecule has 0 saturated carbocycles. The fourth-order valence-electron chi connectivity index (χ4n) is 1.23. The molecule has 1 unspecified atom stereocenters. The summed E-state index contributed by atoms with van der Waals surface area (Å²) in [6, 6.07) is 8.02. The van der Waals surface area contributed by atoms with Crippen molar-refractivity contribution in [3.8, 4) is 0 Å². The minimum atomic E-state index is 0.0599. The van der Waals surface area contributed by atoms with Gasteiger partial charge in [-0.25, -0.2) is 0 Å². The van der Waals surface area contributed by atoms with Crippen molar-refractivity contribution in [3.63, 3.8) is 0 Å². The second kappa shape index (κ2) is 6.28. The molecule has 1 atom stereocenters. The third-order valence-electron chi connectivity index (χ3n) is 2.07. The molecule has 0 aliphatic rings. The number of nitrogens with one attached hydrogen (secondary N) is 1. The summed E-state index contributed by atoms with van der Waals surface area (Å²) in [4.78, 5) is 11.3. The highest BCUT2D eigenvalue weighted by molar-refractivity contribution is 9.10. The average molecular weight is 335 g/mol. The summed E-state index contributed by atoms with van der Waals surface area (Å²) in [6.07, 6.45) is 0.515. The highest BCUT2D eigenvalue weighted by Gasteiger charge is 2.08. The number of carbonyl (C=O) groups excluding carboxylic acids is 1. The number of hydrogen-bond donors (Lipinski definition) is 1. The number of rotatable bonds is 4. The van der Waals surface area contributed by atoms with Gasteiger partial charge in [-0.05, 0) is 24.6 Å². The number of hydrogen-bond acceptors (Lipinski definition) is 1. The Kier molecular flexibility index (Phi) is 5.32. The van der Waals surface area contributed by atoms with E-state index in [1.165, 1.54) is 0 Å². The molecular formula is C11H13Br2NO. The van der Waals surface area contributed by atoms with Gasteiger partial charge in [0.1, 0.15) is 0 Å². The molecule has 0 aromatic heterocycles. The van der Waals surface area contributed by atoms with E-state index in [2.05, 4.69) is 37.2 Å². The molecule has 4 heteroatoms. The van der Waals surface area contributed by atoms with E-state index in [1.807, 2.05) is 31.2 Å². The second-order valence-corrected chi connectivity index (χ2v) is 4.99. The van der Waals surface area contributed by atoms with E-state index in [9.17, 15) is 4.79 Å².